The highest BCUT2D eigenvalue weighted by atomic mass is 32.1. The molecule has 0 bridgehead atoms. The van der Waals surface area contributed by atoms with Crippen molar-refractivity contribution < 1.29 is 0 Å². The van der Waals surface area contributed by atoms with Crippen molar-refractivity contribution in [1.82, 2.24) is 0 Å². The molecule has 0 spiro atoms. The van der Waals surface area contributed by atoms with Gasteiger partial charge in [0, 0.05) is 6.54 Å². The number of nitrogens with two attached hydrogens (primary N) is 1. The van der Waals surface area contributed by atoms with Crippen LogP contribution in [0.1, 0.15) is 13.8 Å². The molecule has 0 rings (SSSR count). The first-order valence-electron chi connectivity index (χ1n) is 2.57. The lowest BCUT2D eigenvalue weighted by Gasteiger charge is -1.60. The maximum absolute atomic E-state index is 4.85. The minimum atomic E-state index is 0.750. The standard InChI is InChI=1S/C3H5NS.C2H7N/c1-2-4-3-5;1-2-3/h2H2,1H3;2-3H2,1H3. The van der Waals surface area contributed by atoms with Gasteiger partial charge in [-0.25, -0.2) is 4.99 Å². The van der Waals surface area contributed by atoms with Crippen LogP contribution in [0.3, 0.4) is 0 Å². The maximum atomic E-state index is 4.85. The summed E-state index contributed by atoms with van der Waals surface area (Å²) in [5, 5.41) is 2.23. The summed E-state index contributed by atoms with van der Waals surface area (Å²) < 4.78 is 0. The number of nitrogens with zero attached hydrogens (tertiary/aromatic N) is 1. The van der Waals surface area contributed by atoms with Crippen LogP contribution < -0.4 is 5.73 Å². The van der Waals surface area contributed by atoms with Crippen molar-refractivity contribution >= 4 is 17.4 Å². The van der Waals surface area contributed by atoms with Gasteiger partial charge in [0.2, 0.25) is 0 Å². The molecule has 0 saturated carbocycles. The Morgan fingerprint density at radius 3 is 2.00 bits per heavy atom. The van der Waals surface area contributed by atoms with Crippen molar-refractivity contribution in [1.29, 1.82) is 0 Å². The van der Waals surface area contributed by atoms with Crippen LogP contribution in [0, 0.1) is 0 Å². The molecule has 0 saturated heterocycles. The fraction of sp³-hybridized carbons (Fsp3) is 0.800. The molecule has 0 aliphatic carbocycles. The molecule has 0 radical (unpaired) electrons. The van der Waals surface area contributed by atoms with Crippen LogP contribution in [0.25, 0.3) is 0 Å². The Labute approximate surface area is 55.8 Å². The third-order valence-electron chi connectivity index (χ3n) is 0.223. The lowest BCUT2D eigenvalue weighted by molar-refractivity contribution is 1.14. The minimum Gasteiger partial charge on any atom is -0.331 e. The molecule has 0 amide bonds. The van der Waals surface area contributed by atoms with E-state index in [1.54, 1.807) is 0 Å². The molecular formula is C5H12N2S. The average Bonchev–Trinajstić information content (AvgIpc) is 1.71. The summed E-state index contributed by atoms with van der Waals surface area (Å²) in [6, 6.07) is 0. The molecule has 0 atom stereocenters. The van der Waals surface area contributed by atoms with E-state index in [0.29, 0.717) is 0 Å². The summed E-state index contributed by atoms with van der Waals surface area (Å²) in [6.45, 7) is 5.32. The molecule has 3 heteroatoms. The molecule has 0 heterocycles. The number of aliphatic imine (C=N–C) groups is 1. The van der Waals surface area contributed by atoms with Gasteiger partial charge in [-0.1, -0.05) is 6.92 Å². The summed E-state index contributed by atoms with van der Waals surface area (Å²) in [4.78, 5) is 3.54. The first-order chi connectivity index (χ1) is 3.83. The first kappa shape index (κ1) is 10.7. The van der Waals surface area contributed by atoms with Gasteiger partial charge < -0.3 is 5.73 Å². The average molecular weight is 132 g/mol. The molecule has 0 aromatic heterocycles. The van der Waals surface area contributed by atoms with Crippen molar-refractivity contribution in [2.75, 3.05) is 13.1 Å². The Kier molecular flexibility index (Phi) is 21.2. The minimum absolute atomic E-state index is 0.750. The van der Waals surface area contributed by atoms with E-state index in [2.05, 4.69) is 22.4 Å². The normalized spacial score (nSPS) is 5.88. The molecule has 2 N–H and O–H groups in total. The fourth-order valence-corrected chi connectivity index (χ4v) is 0.194. The molecule has 8 heavy (non-hydrogen) atoms. The quantitative estimate of drug-likeness (QED) is 0.428. The van der Waals surface area contributed by atoms with Gasteiger partial charge in [-0.3, -0.25) is 0 Å². The SMILES string of the molecule is CCN.CCN=C=S. The predicted molar refractivity (Wildman–Crippen MR) is 40.3 cm³/mol. The second kappa shape index (κ2) is 15.9. The maximum Gasteiger partial charge on any atom is 0.0584 e. The first-order valence-corrected chi connectivity index (χ1v) is 2.97. The lowest BCUT2D eigenvalue weighted by Crippen LogP contribution is -1.87. The zero-order chi connectivity index (χ0) is 6.83. The highest BCUT2D eigenvalue weighted by Gasteiger charge is 1.49. The predicted octanol–water partition coefficient (Wildman–Crippen LogP) is 1.07. The molecule has 0 unspecified atom stereocenters. The van der Waals surface area contributed by atoms with Gasteiger partial charge in [-0.05, 0) is 25.7 Å². The van der Waals surface area contributed by atoms with Gasteiger partial charge in [-0.2, -0.15) is 0 Å². The van der Waals surface area contributed by atoms with Crippen LogP contribution in [0.5, 0.6) is 0 Å². The third-order valence-corrected chi connectivity index (χ3v) is 0.352. The van der Waals surface area contributed by atoms with E-state index in [1.165, 1.54) is 0 Å². The number of hydrogen-bond acceptors (Lipinski definition) is 3. The van der Waals surface area contributed by atoms with E-state index in [0.717, 1.165) is 13.1 Å². The molecule has 2 nitrogen and oxygen atoms in total. The highest BCUT2D eigenvalue weighted by molar-refractivity contribution is 7.78. The van der Waals surface area contributed by atoms with Crippen molar-refractivity contribution in [3.63, 3.8) is 0 Å². The number of thiocarbonyl (C=S) groups is 1. The molecule has 0 aliphatic heterocycles. The van der Waals surface area contributed by atoms with Gasteiger partial charge in [-0.15, -0.1) is 0 Å². The van der Waals surface area contributed by atoms with Gasteiger partial charge in [0.15, 0.2) is 0 Å². The number of hydrogen-bond donors (Lipinski definition) is 1. The van der Waals surface area contributed by atoms with Crippen LogP contribution in [0.4, 0.5) is 0 Å². The lowest BCUT2D eigenvalue weighted by atomic mass is 10.8. The molecule has 0 fully saturated rings. The van der Waals surface area contributed by atoms with E-state index >= 15 is 0 Å². The monoisotopic (exact) mass is 132 g/mol. The van der Waals surface area contributed by atoms with Crippen LogP contribution in [-0.4, -0.2) is 18.3 Å². The van der Waals surface area contributed by atoms with Crippen LogP contribution in [0.15, 0.2) is 4.99 Å². The second-order valence-corrected chi connectivity index (χ2v) is 1.16. The van der Waals surface area contributed by atoms with Gasteiger partial charge in [0.25, 0.3) is 0 Å². The zero-order valence-electron chi connectivity index (χ0n) is 5.35. The van der Waals surface area contributed by atoms with E-state index in [9.17, 15) is 0 Å². The van der Waals surface area contributed by atoms with Crippen LogP contribution in [0.2, 0.25) is 0 Å². The largest absolute Gasteiger partial charge is 0.331 e. The summed E-state index contributed by atoms with van der Waals surface area (Å²) in [6.07, 6.45) is 0. The molecule has 48 valence electrons. The van der Waals surface area contributed by atoms with Crippen LogP contribution >= 0.6 is 12.2 Å². The van der Waals surface area contributed by atoms with Gasteiger partial charge in [0.1, 0.15) is 0 Å². The molecule has 0 aliphatic rings. The van der Waals surface area contributed by atoms with E-state index < -0.39 is 0 Å². The Hall–Kier alpha value is -0.240. The van der Waals surface area contributed by atoms with E-state index in [4.69, 9.17) is 5.73 Å². The highest BCUT2D eigenvalue weighted by Crippen LogP contribution is 1.55. The summed E-state index contributed by atoms with van der Waals surface area (Å²) >= 11 is 4.23. The van der Waals surface area contributed by atoms with Crippen LogP contribution in [-0.2, 0) is 0 Å². The molecule has 0 aromatic carbocycles. The zero-order valence-corrected chi connectivity index (χ0v) is 6.16. The third kappa shape index (κ3) is 42.1. The van der Waals surface area contributed by atoms with E-state index in [-0.39, 0.29) is 0 Å². The topological polar surface area (TPSA) is 38.4 Å². The Morgan fingerprint density at radius 1 is 1.62 bits per heavy atom. The molecule has 0 aromatic rings. The Bertz CT molecular complexity index is 66.8. The van der Waals surface area contributed by atoms with E-state index in [1.807, 2.05) is 13.8 Å². The summed E-state index contributed by atoms with van der Waals surface area (Å²) in [7, 11) is 0. The summed E-state index contributed by atoms with van der Waals surface area (Å²) in [5.41, 5.74) is 4.85. The Balaban J connectivity index is 0. The van der Waals surface area contributed by atoms with Gasteiger partial charge >= 0.3 is 0 Å². The van der Waals surface area contributed by atoms with Crippen molar-refractivity contribution in [2.24, 2.45) is 10.7 Å². The second-order valence-electron chi connectivity index (χ2n) is 0.974. The van der Waals surface area contributed by atoms with Crippen molar-refractivity contribution in [3.8, 4) is 0 Å². The molecular weight excluding hydrogens is 120 g/mol. The smallest absolute Gasteiger partial charge is 0.0584 e. The van der Waals surface area contributed by atoms with Gasteiger partial charge in [0.05, 0.1) is 5.16 Å². The summed E-state index contributed by atoms with van der Waals surface area (Å²) in [5.74, 6) is 0. The number of rotatable bonds is 1. The fourth-order valence-electron chi connectivity index (χ4n) is 0.0645. The van der Waals surface area contributed by atoms with Crippen molar-refractivity contribution in [2.45, 2.75) is 13.8 Å². The number of isothiocyanates is 1. The Morgan fingerprint density at radius 2 is 2.00 bits per heavy atom. The van der Waals surface area contributed by atoms with Crippen molar-refractivity contribution in [3.05, 3.63) is 0 Å².